The summed E-state index contributed by atoms with van der Waals surface area (Å²) in [7, 11) is 0. The Labute approximate surface area is 112 Å². The molecule has 0 aliphatic heterocycles. The van der Waals surface area contributed by atoms with E-state index in [-0.39, 0.29) is 0 Å². The molecule has 0 radical (unpaired) electrons. The Morgan fingerprint density at radius 3 is 2.89 bits per heavy atom. The van der Waals surface area contributed by atoms with Crippen molar-refractivity contribution in [3.63, 3.8) is 0 Å². The van der Waals surface area contributed by atoms with Crippen molar-refractivity contribution in [3.8, 4) is 5.88 Å². The molecule has 2 rings (SSSR count). The zero-order valence-corrected chi connectivity index (χ0v) is 11.8. The van der Waals surface area contributed by atoms with Gasteiger partial charge in [0.2, 0.25) is 5.88 Å². The van der Waals surface area contributed by atoms with E-state index in [1.165, 1.54) is 15.3 Å². The second-order valence-electron chi connectivity index (χ2n) is 4.08. The van der Waals surface area contributed by atoms with Crippen LogP contribution in [-0.4, -0.2) is 11.6 Å². The standard InChI is InChI=1S/C14H18N2OS/c1-4-17-14-13(6-5-7-15-14)16-9-12-8-10(2)18-11(12)3/h5-8,16H,4,9H2,1-3H3. The fourth-order valence-corrected chi connectivity index (χ4v) is 2.77. The van der Waals surface area contributed by atoms with Gasteiger partial charge >= 0.3 is 0 Å². The Bertz CT molecular complexity index is 522. The Morgan fingerprint density at radius 2 is 2.22 bits per heavy atom. The summed E-state index contributed by atoms with van der Waals surface area (Å²) in [5, 5.41) is 3.39. The molecule has 0 aliphatic rings. The fraction of sp³-hybridized carbons (Fsp3) is 0.357. The summed E-state index contributed by atoms with van der Waals surface area (Å²) < 4.78 is 5.49. The smallest absolute Gasteiger partial charge is 0.237 e. The molecule has 0 spiro atoms. The molecule has 0 fully saturated rings. The van der Waals surface area contributed by atoms with Gasteiger partial charge in [-0.05, 0) is 44.5 Å². The lowest BCUT2D eigenvalue weighted by atomic mass is 10.2. The molecule has 0 saturated carbocycles. The van der Waals surface area contributed by atoms with Gasteiger partial charge in [-0.25, -0.2) is 4.98 Å². The van der Waals surface area contributed by atoms with E-state index in [1.54, 1.807) is 6.20 Å². The van der Waals surface area contributed by atoms with Gasteiger partial charge in [0.25, 0.3) is 0 Å². The summed E-state index contributed by atoms with van der Waals surface area (Å²) in [6.45, 7) is 7.69. The molecule has 2 heterocycles. The van der Waals surface area contributed by atoms with Gasteiger partial charge in [0, 0.05) is 22.5 Å². The Hall–Kier alpha value is -1.55. The molecule has 18 heavy (non-hydrogen) atoms. The number of aryl methyl sites for hydroxylation is 2. The van der Waals surface area contributed by atoms with Gasteiger partial charge in [-0.1, -0.05) is 0 Å². The maximum atomic E-state index is 5.49. The highest BCUT2D eigenvalue weighted by molar-refractivity contribution is 7.12. The van der Waals surface area contributed by atoms with Gasteiger partial charge < -0.3 is 10.1 Å². The molecule has 0 bridgehead atoms. The molecule has 3 nitrogen and oxygen atoms in total. The number of hydrogen-bond acceptors (Lipinski definition) is 4. The number of pyridine rings is 1. The van der Waals surface area contributed by atoms with Crippen LogP contribution in [0.1, 0.15) is 22.2 Å². The van der Waals surface area contributed by atoms with Crippen molar-refractivity contribution in [1.82, 2.24) is 4.98 Å². The van der Waals surface area contributed by atoms with Crippen LogP contribution in [0.15, 0.2) is 24.4 Å². The number of ether oxygens (including phenoxy) is 1. The number of rotatable bonds is 5. The minimum absolute atomic E-state index is 0.627. The van der Waals surface area contributed by atoms with E-state index in [9.17, 15) is 0 Å². The van der Waals surface area contributed by atoms with E-state index < -0.39 is 0 Å². The minimum Gasteiger partial charge on any atom is -0.476 e. The van der Waals surface area contributed by atoms with Crippen molar-refractivity contribution in [2.45, 2.75) is 27.3 Å². The zero-order chi connectivity index (χ0) is 13.0. The van der Waals surface area contributed by atoms with Crippen molar-refractivity contribution < 1.29 is 4.74 Å². The van der Waals surface area contributed by atoms with Gasteiger partial charge in [0.1, 0.15) is 0 Å². The molecule has 1 N–H and O–H groups in total. The summed E-state index contributed by atoms with van der Waals surface area (Å²) >= 11 is 1.83. The summed E-state index contributed by atoms with van der Waals surface area (Å²) in [4.78, 5) is 6.94. The van der Waals surface area contributed by atoms with Crippen molar-refractivity contribution in [1.29, 1.82) is 0 Å². The normalized spacial score (nSPS) is 10.4. The van der Waals surface area contributed by atoms with Gasteiger partial charge in [0.15, 0.2) is 0 Å². The van der Waals surface area contributed by atoms with Crippen LogP contribution in [0.3, 0.4) is 0 Å². The van der Waals surface area contributed by atoms with Crippen LogP contribution < -0.4 is 10.1 Å². The molecule has 0 saturated heterocycles. The highest BCUT2D eigenvalue weighted by Gasteiger charge is 2.06. The third-order valence-electron chi connectivity index (χ3n) is 2.67. The molecule has 2 aromatic rings. The van der Waals surface area contributed by atoms with Crippen LogP contribution >= 0.6 is 11.3 Å². The summed E-state index contributed by atoms with van der Waals surface area (Å²) in [5.41, 5.74) is 2.28. The Morgan fingerprint density at radius 1 is 1.39 bits per heavy atom. The lowest BCUT2D eigenvalue weighted by Gasteiger charge is -2.10. The molecule has 4 heteroatoms. The van der Waals surface area contributed by atoms with Crippen molar-refractivity contribution >= 4 is 17.0 Å². The first kappa shape index (κ1) is 12.9. The number of aromatic nitrogens is 1. The van der Waals surface area contributed by atoms with E-state index in [2.05, 4.69) is 30.2 Å². The molecule has 96 valence electrons. The fourth-order valence-electron chi connectivity index (χ4n) is 1.83. The van der Waals surface area contributed by atoms with Crippen LogP contribution in [0.5, 0.6) is 5.88 Å². The first-order valence-corrected chi connectivity index (χ1v) is 6.90. The first-order valence-electron chi connectivity index (χ1n) is 6.08. The summed E-state index contributed by atoms with van der Waals surface area (Å²) in [6, 6.07) is 6.13. The van der Waals surface area contributed by atoms with Gasteiger partial charge in [0.05, 0.1) is 12.3 Å². The summed E-state index contributed by atoms with van der Waals surface area (Å²) in [5.74, 6) is 0.671. The number of anilines is 1. The molecule has 0 amide bonds. The number of thiophene rings is 1. The second-order valence-corrected chi connectivity index (χ2v) is 5.54. The molecular weight excluding hydrogens is 244 g/mol. The van der Waals surface area contributed by atoms with E-state index in [0.29, 0.717) is 12.5 Å². The lowest BCUT2D eigenvalue weighted by Crippen LogP contribution is -2.04. The first-order chi connectivity index (χ1) is 8.70. The highest BCUT2D eigenvalue weighted by atomic mass is 32.1. The number of nitrogens with zero attached hydrogens (tertiary/aromatic N) is 1. The topological polar surface area (TPSA) is 34.1 Å². The maximum absolute atomic E-state index is 5.49. The largest absolute Gasteiger partial charge is 0.476 e. The minimum atomic E-state index is 0.627. The third kappa shape index (κ3) is 3.01. The summed E-state index contributed by atoms with van der Waals surface area (Å²) in [6.07, 6.45) is 1.75. The number of hydrogen-bond donors (Lipinski definition) is 1. The average Bonchev–Trinajstić information content (AvgIpc) is 2.67. The van der Waals surface area contributed by atoms with Crippen LogP contribution in [0.2, 0.25) is 0 Å². The van der Waals surface area contributed by atoms with Gasteiger partial charge in [-0.15, -0.1) is 11.3 Å². The average molecular weight is 262 g/mol. The number of nitrogens with one attached hydrogen (secondary N) is 1. The lowest BCUT2D eigenvalue weighted by molar-refractivity contribution is 0.328. The molecule has 2 aromatic heterocycles. The van der Waals surface area contributed by atoms with Crippen LogP contribution in [0, 0.1) is 13.8 Å². The molecule has 0 unspecified atom stereocenters. The Kier molecular flexibility index (Phi) is 4.20. The van der Waals surface area contributed by atoms with Crippen LogP contribution in [0.25, 0.3) is 0 Å². The monoisotopic (exact) mass is 262 g/mol. The predicted molar refractivity (Wildman–Crippen MR) is 76.5 cm³/mol. The van der Waals surface area contributed by atoms with Crippen LogP contribution in [-0.2, 0) is 6.54 Å². The van der Waals surface area contributed by atoms with E-state index >= 15 is 0 Å². The highest BCUT2D eigenvalue weighted by Crippen LogP contribution is 2.24. The third-order valence-corrected chi connectivity index (χ3v) is 3.67. The maximum Gasteiger partial charge on any atom is 0.237 e. The molecular formula is C14H18N2OS. The molecule has 0 atom stereocenters. The van der Waals surface area contributed by atoms with Crippen LogP contribution in [0.4, 0.5) is 5.69 Å². The van der Waals surface area contributed by atoms with E-state index in [4.69, 9.17) is 4.74 Å². The molecule has 0 aromatic carbocycles. The SMILES string of the molecule is CCOc1ncccc1NCc1cc(C)sc1C. The van der Waals surface area contributed by atoms with Crippen molar-refractivity contribution in [2.75, 3.05) is 11.9 Å². The van der Waals surface area contributed by atoms with Crippen molar-refractivity contribution in [2.24, 2.45) is 0 Å². The quantitative estimate of drug-likeness (QED) is 0.890. The van der Waals surface area contributed by atoms with Crippen molar-refractivity contribution in [3.05, 3.63) is 39.7 Å². The predicted octanol–water partition coefficient (Wildman–Crippen LogP) is 3.77. The van der Waals surface area contributed by atoms with E-state index in [1.807, 2.05) is 30.4 Å². The Balaban J connectivity index is 2.08. The second kappa shape index (κ2) is 5.87. The van der Waals surface area contributed by atoms with Gasteiger partial charge in [-0.2, -0.15) is 0 Å². The van der Waals surface area contributed by atoms with Gasteiger partial charge in [-0.3, -0.25) is 0 Å². The molecule has 0 aliphatic carbocycles. The van der Waals surface area contributed by atoms with E-state index in [0.717, 1.165) is 12.2 Å². The zero-order valence-electron chi connectivity index (χ0n) is 11.0.